The molecule has 3 nitrogen and oxygen atoms in total. The van der Waals surface area contributed by atoms with Crippen molar-refractivity contribution in [2.45, 2.75) is 17.6 Å². The Hall–Kier alpha value is -1.23. The Balaban J connectivity index is 2.25. The van der Waals surface area contributed by atoms with E-state index in [9.17, 15) is 4.21 Å². The van der Waals surface area contributed by atoms with E-state index in [0.717, 1.165) is 5.56 Å². The van der Waals surface area contributed by atoms with E-state index in [0.29, 0.717) is 33.0 Å². The molecule has 0 aromatic heterocycles. The molecule has 0 saturated carbocycles. The first-order valence-corrected chi connectivity index (χ1v) is 8.43. The van der Waals surface area contributed by atoms with Crippen LogP contribution in [-0.2, 0) is 16.6 Å². The summed E-state index contributed by atoms with van der Waals surface area (Å²) < 4.78 is 17.9. The van der Waals surface area contributed by atoms with E-state index in [2.05, 4.69) is 0 Å². The molecule has 0 aliphatic heterocycles. The van der Waals surface area contributed by atoms with Crippen LogP contribution in [-0.4, -0.2) is 10.8 Å². The second kappa shape index (κ2) is 7.16. The van der Waals surface area contributed by atoms with E-state index in [1.807, 2.05) is 6.92 Å². The Bertz CT molecular complexity index is 677. The summed E-state index contributed by atoms with van der Waals surface area (Å²) in [6.07, 6.45) is 0. The first-order valence-electron chi connectivity index (χ1n) is 6.36. The van der Waals surface area contributed by atoms with Crippen LogP contribution in [0.5, 0.6) is 5.75 Å². The Morgan fingerprint density at radius 3 is 2.62 bits per heavy atom. The number of benzene rings is 2. The number of nitrogens with two attached hydrogens (primary N) is 1. The Labute approximate surface area is 136 Å². The van der Waals surface area contributed by atoms with Crippen molar-refractivity contribution in [2.75, 3.05) is 12.3 Å². The van der Waals surface area contributed by atoms with Crippen molar-refractivity contribution in [1.29, 1.82) is 0 Å². The fourth-order valence-electron chi connectivity index (χ4n) is 1.83. The highest BCUT2D eigenvalue weighted by Gasteiger charge is 2.12. The Kier molecular flexibility index (Phi) is 5.51. The molecular formula is C15H15Cl2NO2S. The van der Waals surface area contributed by atoms with Crippen LogP contribution < -0.4 is 10.5 Å². The summed E-state index contributed by atoms with van der Waals surface area (Å²) in [6, 6.07) is 10.3. The van der Waals surface area contributed by atoms with Crippen molar-refractivity contribution in [2.24, 2.45) is 0 Å². The summed E-state index contributed by atoms with van der Waals surface area (Å²) in [5.41, 5.74) is 7.14. The minimum atomic E-state index is -1.31. The van der Waals surface area contributed by atoms with Gasteiger partial charge in [0.2, 0.25) is 0 Å². The van der Waals surface area contributed by atoms with Crippen molar-refractivity contribution in [3.63, 3.8) is 0 Å². The van der Waals surface area contributed by atoms with Gasteiger partial charge in [-0.2, -0.15) is 0 Å². The zero-order valence-electron chi connectivity index (χ0n) is 11.4. The molecular weight excluding hydrogens is 329 g/mol. The topological polar surface area (TPSA) is 52.3 Å². The molecule has 0 radical (unpaired) electrons. The molecule has 0 bridgehead atoms. The number of nitrogen functional groups attached to an aromatic ring is 1. The lowest BCUT2D eigenvalue weighted by molar-refractivity contribution is 0.339. The standard InChI is InChI=1S/C15H15Cl2NO2S/c1-2-20-12-5-6-14(18)15(8-12)21(19)9-10-3-4-11(16)7-13(10)17/h3-8H,2,9,18H2,1H3. The lowest BCUT2D eigenvalue weighted by Gasteiger charge is -2.10. The number of hydrogen-bond donors (Lipinski definition) is 1. The highest BCUT2D eigenvalue weighted by atomic mass is 35.5. The number of rotatable bonds is 5. The van der Waals surface area contributed by atoms with Gasteiger partial charge in [0.25, 0.3) is 0 Å². The molecule has 2 aromatic rings. The van der Waals surface area contributed by atoms with Gasteiger partial charge in [0.1, 0.15) is 5.75 Å². The van der Waals surface area contributed by atoms with Crippen LogP contribution >= 0.6 is 23.2 Å². The maximum absolute atomic E-state index is 12.5. The third-order valence-electron chi connectivity index (χ3n) is 2.84. The van der Waals surface area contributed by atoms with Gasteiger partial charge in [-0.1, -0.05) is 29.3 Å². The Morgan fingerprint density at radius 1 is 1.19 bits per heavy atom. The van der Waals surface area contributed by atoms with Gasteiger partial charge in [0, 0.05) is 15.7 Å². The Morgan fingerprint density at radius 2 is 1.95 bits per heavy atom. The van der Waals surface area contributed by atoms with Gasteiger partial charge in [-0.15, -0.1) is 0 Å². The molecule has 0 aliphatic rings. The number of anilines is 1. The fourth-order valence-corrected chi connectivity index (χ4v) is 3.65. The van der Waals surface area contributed by atoms with Crippen LogP contribution in [0.3, 0.4) is 0 Å². The average molecular weight is 344 g/mol. The maximum Gasteiger partial charge on any atom is 0.120 e. The van der Waals surface area contributed by atoms with Crippen molar-refractivity contribution < 1.29 is 8.95 Å². The normalized spacial score (nSPS) is 12.1. The quantitative estimate of drug-likeness (QED) is 0.824. The highest BCUT2D eigenvalue weighted by Crippen LogP contribution is 2.27. The van der Waals surface area contributed by atoms with E-state index in [1.165, 1.54) is 0 Å². The first kappa shape index (κ1) is 16.1. The minimum Gasteiger partial charge on any atom is -0.494 e. The van der Waals surface area contributed by atoms with Crippen molar-refractivity contribution in [3.05, 3.63) is 52.0 Å². The zero-order valence-corrected chi connectivity index (χ0v) is 13.8. The highest BCUT2D eigenvalue weighted by molar-refractivity contribution is 7.84. The van der Waals surface area contributed by atoms with Gasteiger partial charge < -0.3 is 10.5 Å². The molecule has 0 fully saturated rings. The second-order valence-electron chi connectivity index (χ2n) is 4.36. The van der Waals surface area contributed by atoms with Gasteiger partial charge in [-0.3, -0.25) is 4.21 Å². The number of ether oxygens (including phenoxy) is 1. The summed E-state index contributed by atoms with van der Waals surface area (Å²) >= 11 is 12.0. The number of hydrogen-bond acceptors (Lipinski definition) is 3. The van der Waals surface area contributed by atoms with E-state index in [4.69, 9.17) is 33.7 Å². The fraction of sp³-hybridized carbons (Fsp3) is 0.200. The molecule has 0 aliphatic carbocycles. The summed E-state index contributed by atoms with van der Waals surface area (Å²) in [6.45, 7) is 2.43. The molecule has 112 valence electrons. The predicted octanol–water partition coefficient (Wildman–Crippen LogP) is 4.28. The smallest absolute Gasteiger partial charge is 0.120 e. The molecule has 6 heteroatoms. The van der Waals surface area contributed by atoms with E-state index < -0.39 is 10.8 Å². The number of halogens is 2. The monoisotopic (exact) mass is 343 g/mol. The molecule has 2 aromatic carbocycles. The van der Waals surface area contributed by atoms with Crippen molar-refractivity contribution >= 4 is 39.7 Å². The van der Waals surface area contributed by atoms with E-state index in [1.54, 1.807) is 36.4 Å². The van der Waals surface area contributed by atoms with Gasteiger partial charge in [-0.25, -0.2) is 0 Å². The van der Waals surface area contributed by atoms with Crippen LogP contribution in [0.4, 0.5) is 5.69 Å². The van der Waals surface area contributed by atoms with Crippen LogP contribution in [0.1, 0.15) is 12.5 Å². The van der Waals surface area contributed by atoms with Crippen molar-refractivity contribution in [1.82, 2.24) is 0 Å². The van der Waals surface area contributed by atoms with Gasteiger partial charge >= 0.3 is 0 Å². The largest absolute Gasteiger partial charge is 0.494 e. The molecule has 0 amide bonds. The molecule has 21 heavy (non-hydrogen) atoms. The van der Waals surface area contributed by atoms with Crippen LogP contribution in [0.2, 0.25) is 10.0 Å². The van der Waals surface area contributed by atoms with Gasteiger partial charge in [0.15, 0.2) is 0 Å². The van der Waals surface area contributed by atoms with Gasteiger partial charge in [0.05, 0.1) is 28.1 Å². The lowest BCUT2D eigenvalue weighted by Crippen LogP contribution is -2.02. The zero-order chi connectivity index (χ0) is 15.4. The van der Waals surface area contributed by atoms with E-state index in [-0.39, 0.29) is 5.75 Å². The molecule has 0 heterocycles. The van der Waals surface area contributed by atoms with Crippen LogP contribution in [0.25, 0.3) is 0 Å². The molecule has 1 unspecified atom stereocenters. The first-order chi connectivity index (χ1) is 10.0. The second-order valence-corrected chi connectivity index (χ2v) is 6.62. The molecule has 2 rings (SSSR count). The third kappa shape index (κ3) is 4.13. The molecule has 0 saturated heterocycles. The summed E-state index contributed by atoms with van der Waals surface area (Å²) in [7, 11) is -1.31. The van der Waals surface area contributed by atoms with Gasteiger partial charge in [-0.05, 0) is 42.8 Å². The molecule has 2 N–H and O–H groups in total. The molecule has 0 spiro atoms. The van der Waals surface area contributed by atoms with Crippen molar-refractivity contribution in [3.8, 4) is 5.75 Å². The van der Waals surface area contributed by atoms with Crippen LogP contribution in [0, 0.1) is 0 Å². The lowest BCUT2D eigenvalue weighted by atomic mass is 10.2. The van der Waals surface area contributed by atoms with Crippen LogP contribution in [0.15, 0.2) is 41.3 Å². The SMILES string of the molecule is CCOc1ccc(N)c(S(=O)Cc2ccc(Cl)cc2Cl)c1. The maximum atomic E-state index is 12.5. The molecule has 1 atom stereocenters. The van der Waals surface area contributed by atoms with E-state index >= 15 is 0 Å². The summed E-state index contributed by atoms with van der Waals surface area (Å²) in [5, 5.41) is 1.04. The summed E-state index contributed by atoms with van der Waals surface area (Å²) in [5.74, 6) is 0.924. The minimum absolute atomic E-state index is 0.274. The summed E-state index contributed by atoms with van der Waals surface area (Å²) in [4.78, 5) is 0.548. The average Bonchev–Trinajstić information content (AvgIpc) is 2.44. The predicted molar refractivity (Wildman–Crippen MR) is 88.6 cm³/mol. The third-order valence-corrected chi connectivity index (χ3v) is 4.85.